The summed E-state index contributed by atoms with van der Waals surface area (Å²) < 4.78 is 26.0. The molecule has 2 aromatic heterocycles. The van der Waals surface area contributed by atoms with Gasteiger partial charge >= 0.3 is 0 Å². The first-order valence-electron chi connectivity index (χ1n) is 8.67. The molecule has 26 heavy (non-hydrogen) atoms. The van der Waals surface area contributed by atoms with Crippen molar-refractivity contribution in [2.75, 3.05) is 13.1 Å². The summed E-state index contributed by atoms with van der Waals surface area (Å²) in [5.41, 5.74) is 3.08. The van der Waals surface area contributed by atoms with Gasteiger partial charge < -0.3 is 0 Å². The first-order chi connectivity index (χ1) is 12.6. The Morgan fingerprint density at radius 2 is 2.04 bits per heavy atom. The molecule has 0 amide bonds. The van der Waals surface area contributed by atoms with Crippen LogP contribution in [0.4, 0.5) is 0 Å². The molecule has 1 fully saturated rings. The largest absolute Gasteiger partial charge is 0.296 e. The normalized spacial score (nSPS) is 23.7. The average Bonchev–Trinajstić information content (AvgIpc) is 3.35. The van der Waals surface area contributed by atoms with Crippen LogP contribution in [0, 0.1) is 0 Å². The number of pyridine rings is 1. The number of sulfone groups is 1. The first kappa shape index (κ1) is 16.2. The predicted molar refractivity (Wildman–Crippen MR) is 103 cm³/mol. The van der Waals surface area contributed by atoms with Crippen molar-refractivity contribution in [1.29, 1.82) is 0 Å². The van der Waals surface area contributed by atoms with Gasteiger partial charge in [-0.3, -0.25) is 9.88 Å². The van der Waals surface area contributed by atoms with E-state index in [4.69, 9.17) is 0 Å². The number of benzene rings is 1. The van der Waals surface area contributed by atoms with Crippen LogP contribution >= 0.6 is 11.3 Å². The summed E-state index contributed by atoms with van der Waals surface area (Å²) in [6.45, 7) is 2.04. The molecule has 0 N–H and O–H groups in total. The molecule has 3 aromatic rings. The molecule has 2 atom stereocenters. The highest BCUT2D eigenvalue weighted by Gasteiger charge is 2.50. The van der Waals surface area contributed by atoms with E-state index < -0.39 is 9.84 Å². The maximum absolute atomic E-state index is 13.0. The van der Waals surface area contributed by atoms with E-state index >= 15 is 0 Å². The number of hydrogen-bond donors (Lipinski definition) is 0. The fourth-order valence-corrected chi connectivity index (χ4v) is 7.09. The molecule has 0 radical (unpaired) electrons. The quantitative estimate of drug-likeness (QED) is 0.695. The van der Waals surface area contributed by atoms with Gasteiger partial charge in [0.1, 0.15) is 0 Å². The van der Waals surface area contributed by atoms with E-state index in [0.717, 1.165) is 23.4 Å². The lowest BCUT2D eigenvalue weighted by molar-refractivity contribution is 0.321. The van der Waals surface area contributed by atoms with Crippen molar-refractivity contribution in [1.82, 2.24) is 9.88 Å². The molecule has 0 spiro atoms. The number of fused-ring (bicyclic) bond motifs is 3. The fraction of sp³-hybridized carbons (Fsp3) is 0.250. The summed E-state index contributed by atoms with van der Waals surface area (Å²) in [6.07, 6.45) is 1.78. The SMILES string of the molecule is O=S1(=O)c2ccc(-c3cccs3)cc2[C@H]2CN(Cc3ccccn3)C[C@@H]21. The van der Waals surface area contributed by atoms with Crippen molar-refractivity contribution in [2.24, 2.45) is 0 Å². The van der Waals surface area contributed by atoms with Crippen LogP contribution in [0.2, 0.25) is 0 Å². The highest BCUT2D eigenvalue weighted by Crippen LogP contribution is 2.46. The third-order valence-corrected chi connectivity index (χ3v) is 8.55. The van der Waals surface area contributed by atoms with Crippen LogP contribution in [0.1, 0.15) is 17.2 Å². The number of rotatable bonds is 3. The van der Waals surface area contributed by atoms with E-state index in [1.807, 2.05) is 35.7 Å². The highest BCUT2D eigenvalue weighted by molar-refractivity contribution is 7.92. The smallest absolute Gasteiger partial charge is 0.183 e. The summed E-state index contributed by atoms with van der Waals surface area (Å²) in [4.78, 5) is 8.30. The van der Waals surface area contributed by atoms with Crippen molar-refractivity contribution >= 4 is 21.2 Å². The molecule has 2 aliphatic heterocycles. The van der Waals surface area contributed by atoms with E-state index in [9.17, 15) is 8.42 Å². The van der Waals surface area contributed by atoms with Gasteiger partial charge in [-0.15, -0.1) is 11.3 Å². The zero-order chi connectivity index (χ0) is 17.7. The van der Waals surface area contributed by atoms with Crippen LogP contribution in [-0.2, 0) is 16.4 Å². The van der Waals surface area contributed by atoms with Crippen molar-refractivity contribution in [3.05, 3.63) is 71.4 Å². The van der Waals surface area contributed by atoms with Crippen molar-refractivity contribution in [2.45, 2.75) is 22.6 Å². The van der Waals surface area contributed by atoms with Gasteiger partial charge in [-0.05, 0) is 46.8 Å². The van der Waals surface area contributed by atoms with Crippen LogP contribution in [0.5, 0.6) is 0 Å². The molecule has 2 aliphatic rings. The first-order valence-corrected chi connectivity index (χ1v) is 11.1. The third kappa shape index (κ3) is 2.52. The summed E-state index contributed by atoms with van der Waals surface area (Å²) in [6, 6.07) is 15.8. The van der Waals surface area contributed by atoms with Gasteiger partial charge in [0.25, 0.3) is 0 Å². The van der Waals surface area contributed by atoms with Gasteiger partial charge in [0.15, 0.2) is 9.84 Å². The molecule has 0 bridgehead atoms. The second kappa shape index (κ2) is 6.01. The molecule has 6 heteroatoms. The molecule has 132 valence electrons. The maximum atomic E-state index is 13.0. The minimum absolute atomic E-state index is 0.0543. The number of likely N-dealkylation sites (tertiary alicyclic amines) is 1. The fourth-order valence-electron chi connectivity index (χ4n) is 4.17. The Labute approximate surface area is 157 Å². The summed E-state index contributed by atoms with van der Waals surface area (Å²) in [5, 5.41) is 1.71. The second-order valence-corrected chi connectivity index (χ2v) is 10.0. The number of thiophene rings is 1. The minimum Gasteiger partial charge on any atom is -0.296 e. The van der Waals surface area contributed by atoms with E-state index in [1.165, 1.54) is 4.88 Å². The Balaban J connectivity index is 1.49. The van der Waals surface area contributed by atoms with Crippen molar-refractivity contribution in [3.8, 4) is 10.4 Å². The van der Waals surface area contributed by atoms with Crippen LogP contribution in [0.15, 0.2) is 65.0 Å². The van der Waals surface area contributed by atoms with Crippen LogP contribution in [0.25, 0.3) is 10.4 Å². The van der Waals surface area contributed by atoms with Gasteiger partial charge in [-0.25, -0.2) is 8.42 Å². The summed E-state index contributed by atoms with van der Waals surface area (Å²) in [5.74, 6) is 0.0543. The second-order valence-electron chi connectivity index (χ2n) is 6.94. The molecule has 5 rings (SSSR count). The topological polar surface area (TPSA) is 50.3 Å². The van der Waals surface area contributed by atoms with Gasteiger partial charge in [-0.2, -0.15) is 0 Å². The molecule has 4 heterocycles. The van der Waals surface area contributed by atoms with Crippen molar-refractivity contribution in [3.63, 3.8) is 0 Å². The van der Waals surface area contributed by atoms with Gasteiger partial charge in [0.2, 0.25) is 0 Å². The number of aromatic nitrogens is 1. The number of nitrogens with zero attached hydrogens (tertiary/aromatic N) is 2. The summed E-state index contributed by atoms with van der Waals surface area (Å²) in [7, 11) is -3.25. The number of hydrogen-bond acceptors (Lipinski definition) is 5. The van der Waals surface area contributed by atoms with Gasteiger partial charge in [-0.1, -0.05) is 18.2 Å². The van der Waals surface area contributed by atoms with Crippen LogP contribution in [0.3, 0.4) is 0 Å². The van der Waals surface area contributed by atoms with E-state index in [2.05, 4.69) is 22.0 Å². The molecule has 0 aliphatic carbocycles. The Morgan fingerprint density at radius 1 is 1.12 bits per heavy atom. The third-order valence-electron chi connectivity index (χ3n) is 5.37. The molecule has 4 nitrogen and oxygen atoms in total. The zero-order valence-electron chi connectivity index (χ0n) is 14.1. The standard InChI is InChI=1S/C20H18N2O2S2/c23-26(24)19-7-6-14(18-5-3-9-25-18)10-16(19)17-12-22(13-20(17)26)11-15-4-1-2-8-21-15/h1-10,17,20H,11-13H2/t17-,20+/m1/s1. The lowest BCUT2D eigenvalue weighted by Crippen LogP contribution is -2.26. The van der Waals surface area contributed by atoms with Crippen LogP contribution in [-0.4, -0.2) is 36.6 Å². The molecule has 0 saturated carbocycles. The maximum Gasteiger partial charge on any atom is 0.183 e. The van der Waals surface area contributed by atoms with Gasteiger partial charge in [0.05, 0.1) is 15.8 Å². The monoisotopic (exact) mass is 382 g/mol. The summed E-state index contributed by atoms with van der Waals surface area (Å²) >= 11 is 1.68. The molecule has 1 saturated heterocycles. The lowest BCUT2D eigenvalue weighted by Gasteiger charge is -2.17. The highest BCUT2D eigenvalue weighted by atomic mass is 32.2. The van der Waals surface area contributed by atoms with E-state index in [-0.39, 0.29) is 11.2 Å². The minimum atomic E-state index is -3.25. The molecule has 1 aromatic carbocycles. The molecular weight excluding hydrogens is 364 g/mol. The van der Waals surface area contributed by atoms with E-state index in [1.54, 1.807) is 23.6 Å². The Morgan fingerprint density at radius 3 is 2.81 bits per heavy atom. The van der Waals surface area contributed by atoms with E-state index in [0.29, 0.717) is 18.0 Å². The van der Waals surface area contributed by atoms with Crippen LogP contribution < -0.4 is 0 Å². The Kier molecular flexibility index (Phi) is 3.74. The van der Waals surface area contributed by atoms with Gasteiger partial charge in [0, 0.05) is 36.6 Å². The Hall–Kier alpha value is -2.02. The predicted octanol–water partition coefficient (Wildman–Crippen LogP) is 3.57. The molecular formula is C20H18N2O2S2. The average molecular weight is 383 g/mol. The van der Waals surface area contributed by atoms with Crippen molar-refractivity contribution < 1.29 is 8.42 Å². The zero-order valence-corrected chi connectivity index (χ0v) is 15.7. The Bertz CT molecular complexity index is 1050. The molecule has 0 unspecified atom stereocenters. The lowest BCUT2D eigenvalue weighted by atomic mass is 9.96.